The van der Waals surface area contributed by atoms with Gasteiger partial charge in [-0.15, -0.1) is 0 Å². The van der Waals surface area contributed by atoms with Crippen LogP contribution in [0.1, 0.15) is 38.5 Å². The van der Waals surface area contributed by atoms with E-state index >= 15 is 0 Å². The Morgan fingerprint density at radius 2 is 2.00 bits per heavy atom. The molecule has 2 nitrogen and oxygen atoms in total. The normalized spacial score (nSPS) is 36.3. The van der Waals surface area contributed by atoms with Gasteiger partial charge in [-0.3, -0.25) is 0 Å². The fraction of sp³-hybridized carbons (Fsp3) is 1.00. The molecule has 0 amide bonds. The summed E-state index contributed by atoms with van der Waals surface area (Å²) in [7, 11) is 0. The summed E-state index contributed by atoms with van der Waals surface area (Å²) in [5.41, 5.74) is 0.0949. The van der Waals surface area contributed by atoms with Crippen LogP contribution in [0.5, 0.6) is 0 Å². The maximum atomic E-state index is 9.45. The van der Waals surface area contributed by atoms with Crippen LogP contribution in [0.2, 0.25) is 0 Å². The Kier molecular flexibility index (Phi) is 1.90. The number of aliphatic hydroxyl groups excluding tert-OH is 1. The number of ether oxygens (including phenoxy) is 1. The predicted molar refractivity (Wildman–Crippen MR) is 42.4 cm³/mol. The third-order valence-corrected chi connectivity index (χ3v) is 2.98. The smallest absolute Gasteiger partial charge is 0.0707 e. The second kappa shape index (κ2) is 2.76. The van der Waals surface area contributed by atoms with Crippen LogP contribution in [0, 0.1) is 0 Å². The topological polar surface area (TPSA) is 29.5 Å². The van der Waals surface area contributed by atoms with E-state index < -0.39 is 0 Å². The summed E-state index contributed by atoms with van der Waals surface area (Å²) in [6, 6.07) is 0. The van der Waals surface area contributed by atoms with Crippen molar-refractivity contribution in [2.45, 2.75) is 50.2 Å². The van der Waals surface area contributed by atoms with Crippen molar-refractivity contribution in [2.24, 2.45) is 0 Å². The molecule has 0 aromatic heterocycles. The third-order valence-electron chi connectivity index (χ3n) is 2.98. The largest absolute Gasteiger partial charge is 0.393 e. The minimum absolute atomic E-state index is 0.0949. The van der Waals surface area contributed by atoms with Crippen LogP contribution >= 0.6 is 0 Å². The standard InChI is InChI=1S/C9H16O2/c10-8-3-6-11-9(7-8)4-1-2-5-9/h8,10H,1-7H2/t8-/m1/s1. The molecule has 0 bridgehead atoms. The van der Waals surface area contributed by atoms with Crippen molar-refractivity contribution in [3.05, 3.63) is 0 Å². The summed E-state index contributed by atoms with van der Waals surface area (Å²) in [4.78, 5) is 0. The molecule has 1 atom stereocenters. The van der Waals surface area contributed by atoms with Crippen LogP contribution in [-0.4, -0.2) is 23.4 Å². The van der Waals surface area contributed by atoms with Crippen molar-refractivity contribution in [3.63, 3.8) is 0 Å². The minimum Gasteiger partial charge on any atom is -0.393 e. The first kappa shape index (κ1) is 7.56. The van der Waals surface area contributed by atoms with Gasteiger partial charge in [0.1, 0.15) is 0 Å². The molecule has 0 unspecified atom stereocenters. The van der Waals surface area contributed by atoms with E-state index in [1.165, 1.54) is 25.7 Å². The average Bonchev–Trinajstić information content (AvgIpc) is 2.37. The van der Waals surface area contributed by atoms with E-state index in [2.05, 4.69) is 0 Å². The van der Waals surface area contributed by atoms with Crippen LogP contribution in [0.25, 0.3) is 0 Å². The zero-order valence-electron chi connectivity index (χ0n) is 6.88. The molecular formula is C9H16O2. The van der Waals surface area contributed by atoms with Crippen molar-refractivity contribution in [2.75, 3.05) is 6.61 Å². The summed E-state index contributed by atoms with van der Waals surface area (Å²) in [6.45, 7) is 0.765. The van der Waals surface area contributed by atoms with Gasteiger partial charge in [-0.2, -0.15) is 0 Å². The highest BCUT2D eigenvalue weighted by Gasteiger charge is 2.39. The van der Waals surface area contributed by atoms with E-state index in [-0.39, 0.29) is 11.7 Å². The van der Waals surface area contributed by atoms with Gasteiger partial charge in [0.2, 0.25) is 0 Å². The molecule has 1 saturated heterocycles. The van der Waals surface area contributed by atoms with Gasteiger partial charge in [-0.25, -0.2) is 0 Å². The lowest BCUT2D eigenvalue weighted by Gasteiger charge is -2.36. The van der Waals surface area contributed by atoms with E-state index in [1.807, 2.05) is 0 Å². The Balaban J connectivity index is 2.00. The first-order chi connectivity index (χ1) is 5.31. The number of aliphatic hydroxyl groups is 1. The van der Waals surface area contributed by atoms with E-state index in [0.29, 0.717) is 0 Å². The minimum atomic E-state index is -0.0955. The molecule has 0 radical (unpaired) electrons. The molecule has 11 heavy (non-hydrogen) atoms. The molecule has 2 fully saturated rings. The lowest BCUT2D eigenvalue weighted by Crippen LogP contribution is -2.39. The molecule has 1 spiro atoms. The number of rotatable bonds is 0. The molecule has 1 heterocycles. The molecule has 2 heteroatoms. The summed E-state index contributed by atoms with van der Waals surface area (Å²) >= 11 is 0. The monoisotopic (exact) mass is 156 g/mol. The number of hydrogen-bond acceptors (Lipinski definition) is 2. The van der Waals surface area contributed by atoms with Crippen molar-refractivity contribution in [1.82, 2.24) is 0 Å². The molecule has 1 N–H and O–H groups in total. The van der Waals surface area contributed by atoms with Gasteiger partial charge >= 0.3 is 0 Å². The molecule has 1 aliphatic carbocycles. The summed E-state index contributed by atoms with van der Waals surface area (Å²) < 4.78 is 5.74. The Morgan fingerprint density at radius 1 is 1.27 bits per heavy atom. The van der Waals surface area contributed by atoms with Crippen molar-refractivity contribution < 1.29 is 9.84 Å². The highest BCUT2D eigenvalue weighted by atomic mass is 16.5. The molecule has 0 aromatic carbocycles. The SMILES string of the molecule is O[C@@H]1CCOC2(CCCC2)C1. The van der Waals surface area contributed by atoms with Gasteiger partial charge in [0.15, 0.2) is 0 Å². The molecule has 2 rings (SSSR count). The van der Waals surface area contributed by atoms with Crippen LogP contribution in [0.3, 0.4) is 0 Å². The van der Waals surface area contributed by atoms with Gasteiger partial charge in [-0.1, -0.05) is 12.8 Å². The van der Waals surface area contributed by atoms with Crippen LogP contribution in [0.4, 0.5) is 0 Å². The van der Waals surface area contributed by atoms with E-state index in [9.17, 15) is 5.11 Å². The van der Waals surface area contributed by atoms with Crippen molar-refractivity contribution >= 4 is 0 Å². The third kappa shape index (κ3) is 1.42. The van der Waals surface area contributed by atoms with Crippen LogP contribution in [-0.2, 0) is 4.74 Å². The van der Waals surface area contributed by atoms with Gasteiger partial charge in [0.25, 0.3) is 0 Å². The summed E-state index contributed by atoms with van der Waals surface area (Å²) in [5, 5.41) is 9.45. The predicted octanol–water partition coefficient (Wildman–Crippen LogP) is 1.47. The second-order valence-electron chi connectivity index (χ2n) is 3.89. The Morgan fingerprint density at radius 3 is 2.64 bits per heavy atom. The lowest BCUT2D eigenvalue weighted by atomic mass is 9.90. The fourth-order valence-corrected chi connectivity index (χ4v) is 2.37. The molecule has 1 aliphatic heterocycles. The Labute approximate surface area is 67.6 Å². The molecule has 1 saturated carbocycles. The Bertz CT molecular complexity index is 138. The summed E-state index contributed by atoms with van der Waals surface area (Å²) in [5.74, 6) is 0. The Hall–Kier alpha value is -0.0800. The highest BCUT2D eigenvalue weighted by Crippen LogP contribution is 2.39. The quantitative estimate of drug-likeness (QED) is 0.575. The van der Waals surface area contributed by atoms with Crippen molar-refractivity contribution in [3.8, 4) is 0 Å². The van der Waals surface area contributed by atoms with E-state index in [1.54, 1.807) is 0 Å². The average molecular weight is 156 g/mol. The number of hydrogen-bond donors (Lipinski definition) is 1. The maximum absolute atomic E-state index is 9.45. The van der Waals surface area contributed by atoms with E-state index in [0.717, 1.165) is 19.4 Å². The van der Waals surface area contributed by atoms with Gasteiger partial charge in [0, 0.05) is 13.0 Å². The molecule has 64 valence electrons. The first-order valence-electron chi connectivity index (χ1n) is 4.63. The van der Waals surface area contributed by atoms with Gasteiger partial charge in [0.05, 0.1) is 11.7 Å². The fourth-order valence-electron chi connectivity index (χ4n) is 2.37. The molecule has 2 aliphatic rings. The molecular weight excluding hydrogens is 140 g/mol. The lowest BCUT2D eigenvalue weighted by molar-refractivity contribution is -0.113. The maximum Gasteiger partial charge on any atom is 0.0707 e. The van der Waals surface area contributed by atoms with Gasteiger partial charge in [-0.05, 0) is 19.3 Å². The zero-order chi connectivity index (χ0) is 7.73. The van der Waals surface area contributed by atoms with Crippen LogP contribution < -0.4 is 0 Å². The second-order valence-corrected chi connectivity index (χ2v) is 3.89. The first-order valence-corrected chi connectivity index (χ1v) is 4.63. The van der Waals surface area contributed by atoms with Crippen molar-refractivity contribution in [1.29, 1.82) is 0 Å². The van der Waals surface area contributed by atoms with Crippen LogP contribution in [0.15, 0.2) is 0 Å². The molecule has 0 aromatic rings. The zero-order valence-corrected chi connectivity index (χ0v) is 6.88. The highest BCUT2D eigenvalue weighted by molar-refractivity contribution is 4.90. The van der Waals surface area contributed by atoms with E-state index in [4.69, 9.17) is 4.74 Å². The van der Waals surface area contributed by atoms with Gasteiger partial charge < -0.3 is 9.84 Å². The summed E-state index contributed by atoms with van der Waals surface area (Å²) in [6.07, 6.45) is 6.53.